The smallest absolute Gasteiger partial charge is 0.416 e. The number of rotatable bonds is 6. The third kappa shape index (κ3) is 5.32. The molecule has 0 saturated carbocycles. The molecule has 5 rings (SSSR count). The van der Waals surface area contributed by atoms with Gasteiger partial charge in [0.25, 0.3) is 0 Å². The monoisotopic (exact) mass is 536 g/mol. The predicted octanol–water partition coefficient (Wildman–Crippen LogP) is 4.85. The van der Waals surface area contributed by atoms with E-state index in [9.17, 15) is 23.3 Å². The van der Waals surface area contributed by atoms with Gasteiger partial charge in [0, 0.05) is 32.7 Å². The van der Waals surface area contributed by atoms with E-state index in [4.69, 9.17) is 21.1 Å². The fourth-order valence-corrected chi connectivity index (χ4v) is 4.37. The number of nitrogens with one attached hydrogen (secondary N) is 1. The van der Waals surface area contributed by atoms with Crippen LogP contribution in [0.2, 0.25) is 5.02 Å². The zero-order valence-corrected chi connectivity index (χ0v) is 19.9. The van der Waals surface area contributed by atoms with E-state index in [0.29, 0.717) is 44.2 Å². The molecule has 0 unspecified atom stereocenters. The van der Waals surface area contributed by atoms with Gasteiger partial charge < -0.3 is 19.7 Å². The van der Waals surface area contributed by atoms with Crippen LogP contribution in [0.15, 0.2) is 42.7 Å². The van der Waals surface area contributed by atoms with Gasteiger partial charge in [-0.2, -0.15) is 13.2 Å². The molecule has 1 aromatic heterocycles. The Morgan fingerprint density at radius 2 is 1.81 bits per heavy atom. The fourth-order valence-electron chi connectivity index (χ4n) is 4.20. The van der Waals surface area contributed by atoms with E-state index < -0.39 is 22.4 Å². The number of nitro groups is 1. The summed E-state index contributed by atoms with van der Waals surface area (Å²) in [5.41, 5.74) is -0.497. The van der Waals surface area contributed by atoms with Gasteiger partial charge in [-0.1, -0.05) is 17.7 Å². The van der Waals surface area contributed by atoms with Gasteiger partial charge in [-0.15, -0.1) is 0 Å². The Labute approximate surface area is 213 Å². The number of alkyl halides is 3. The summed E-state index contributed by atoms with van der Waals surface area (Å²) in [4.78, 5) is 23.3. The normalized spacial score (nSPS) is 15.6. The summed E-state index contributed by atoms with van der Waals surface area (Å²) >= 11 is 6.06. The third-order valence-electron chi connectivity index (χ3n) is 6.05. The van der Waals surface area contributed by atoms with Crippen molar-refractivity contribution in [3.05, 3.63) is 69.0 Å². The predicted molar refractivity (Wildman–Crippen MR) is 128 cm³/mol. The number of ether oxygens (including phenoxy) is 2. The highest BCUT2D eigenvalue weighted by atomic mass is 35.5. The summed E-state index contributed by atoms with van der Waals surface area (Å²) in [7, 11) is 0. The van der Waals surface area contributed by atoms with Crippen molar-refractivity contribution in [2.45, 2.75) is 12.7 Å². The number of benzene rings is 2. The van der Waals surface area contributed by atoms with E-state index in [2.05, 4.69) is 20.2 Å². The van der Waals surface area contributed by atoms with Crippen molar-refractivity contribution in [2.24, 2.45) is 0 Å². The second-order valence-corrected chi connectivity index (χ2v) is 8.83. The van der Waals surface area contributed by atoms with Crippen molar-refractivity contribution in [1.29, 1.82) is 0 Å². The molecule has 1 N–H and O–H groups in total. The Morgan fingerprint density at radius 1 is 1.05 bits per heavy atom. The van der Waals surface area contributed by atoms with Gasteiger partial charge in [0.05, 0.1) is 21.2 Å². The molecule has 0 bridgehead atoms. The van der Waals surface area contributed by atoms with Crippen molar-refractivity contribution in [2.75, 3.05) is 43.2 Å². The molecular formula is C23H20ClF3N6O4. The molecule has 0 aliphatic carbocycles. The maximum absolute atomic E-state index is 13.2. The van der Waals surface area contributed by atoms with Crippen molar-refractivity contribution in [3.63, 3.8) is 0 Å². The first-order chi connectivity index (χ1) is 17.7. The molecule has 37 heavy (non-hydrogen) atoms. The molecule has 0 spiro atoms. The fraction of sp³-hybridized carbons (Fsp3) is 0.304. The van der Waals surface area contributed by atoms with Crippen LogP contribution in [-0.2, 0) is 12.7 Å². The maximum atomic E-state index is 13.2. The van der Waals surface area contributed by atoms with Gasteiger partial charge >= 0.3 is 11.9 Å². The number of piperazine rings is 1. The van der Waals surface area contributed by atoms with E-state index in [0.717, 1.165) is 30.1 Å². The molecule has 2 aliphatic rings. The Hall–Kier alpha value is -3.84. The Balaban J connectivity index is 1.32. The molecule has 14 heteroatoms. The highest BCUT2D eigenvalue weighted by molar-refractivity contribution is 6.33. The van der Waals surface area contributed by atoms with E-state index in [-0.39, 0.29) is 29.1 Å². The lowest BCUT2D eigenvalue weighted by molar-refractivity contribution is -0.383. The van der Waals surface area contributed by atoms with Crippen LogP contribution < -0.4 is 19.7 Å². The van der Waals surface area contributed by atoms with E-state index >= 15 is 0 Å². The summed E-state index contributed by atoms with van der Waals surface area (Å²) in [6.45, 7) is 2.98. The van der Waals surface area contributed by atoms with Gasteiger partial charge in [-0.3, -0.25) is 15.0 Å². The number of hydrogen-bond acceptors (Lipinski definition) is 9. The van der Waals surface area contributed by atoms with Crippen LogP contribution in [-0.4, -0.2) is 52.8 Å². The maximum Gasteiger partial charge on any atom is 0.416 e. The van der Waals surface area contributed by atoms with Crippen LogP contribution in [0.3, 0.4) is 0 Å². The third-order valence-corrected chi connectivity index (χ3v) is 6.38. The molecule has 1 saturated heterocycles. The Kier molecular flexibility index (Phi) is 6.65. The van der Waals surface area contributed by atoms with Crippen LogP contribution >= 0.6 is 11.6 Å². The molecule has 0 atom stereocenters. The topological polar surface area (TPSA) is 106 Å². The van der Waals surface area contributed by atoms with Crippen molar-refractivity contribution < 1.29 is 27.6 Å². The second-order valence-electron chi connectivity index (χ2n) is 8.42. The molecule has 194 valence electrons. The van der Waals surface area contributed by atoms with Crippen LogP contribution in [0, 0.1) is 10.1 Å². The van der Waals surface area contributed by atoms with Crippen LogP contribution in [0.4, 0.5) is 36.2 Å². The highest BCUT2D eigenvalue weighted by Crippen LogP contribution is 2.38. The van der Waals surface area contributed by atoms with Crippen LogP contribution in [0.5, 0.6) is 11.5 Å². The van der Waals surface area contributed by atoms with Crippen molar-refractivity contribution in [1.82, 2.24) is 14.9 Å². The minimum absolute atomic E-state index is 0.0420. The first kappa shape index (κ1) is 24.8. The number of aromatic nitrogens is 2. The number of anilines is 3. The quantitative estimate of drug-likeness (QED) is 0.349. The second kappa shape index (κ2) is 9.90. The number of fused-ring (bicyclic) bond motifs is 1. The molecule has 2 aliphatic heterocycles. The van der Waals surface area contributed by atoms with E-state index in [1.807, 2.05) is 18.2 Å². The summed E-state index contributed by atoms with van der Waals surface area (Å²) in [5, 5.41) is 14.5. The molecule has 0 radical (unpaired) electrons. The molecule has 3 heterocycles. The van der Waals surface area contributed by atoms with Crippen molar-refractivity contribution in [3.8, 4) is 11.5 Å². The van der Waals surface area contributed by atoms with Gasteiger partial charge in [-0.25, -0.2) is 9.97 Å². The first-order valence-electron chi connectivity index (χ1n) is 11.2. The van der Waals surface area contributed by atoms with Crippen LogP contribution in [0.1, 0.15) is 11.1 Å². The van der Waals surface area contributed by atoms with E-state index in [1.165, 1.54) is 0 Å². The van der Waals surface area contributed by atoms with Crippen molar-refractivity contribution >= 4 is 34.6 Å². The van der Waals surface area contributed by atoms with Gasteiger partial charge in [0.2, 0.25) is 18.4 Å². The minimum atomic E-state index is -4.61. The molecule has 2 aromatic carbocycles. The first-order valence-corrected chi connectivity index (χ1v) is 11.6. The molecule has 10 nitrogen and oxygen atoms in total. The zero-order chi connectivity index (χ0) is 26.2. The molecule has 0 amide bonds. The summed E-state index contributed by atoms with van der Waals surface area (Å²) in [6, 6.07) is 8.44. The lowest BCUT2D eigenvalue weighted by Gasteiger charge is -2.35. The molecular weight excluding hydrogens is 517 g/mol. The minimum Gasteiger partial charge on any atom is -0.454 e. The molecule has 3 aromatic rings. The van der Waals surface area contributed by atoms with Crippen LogP contribution in [0.25, 0.3) is 0 Å². The lowest BCUT2D eigenvalue weighted by Crippen LogP contribution is -2.46. The van der Waals surface area contributed by atoms with Gasteiger partial charge in [0.1, 0.15) is 6.33 Å². The average molecular weight is 537 g/mol. The zero-order valence-electron chi connectivity index (χ0n) is 19.2. The number of hydrogen-bond donors (Lipinski definition) is 1. The number of nitrogens with zero attached hydrogens (tertiary/aromatic N) is 5. The summed E-state index contributed by atoms with van der Waals surface area (Å²) in [6.07, 6.45) is -3.48. The van der Waals surface area contributed by atoms with Gasteiger partial charge in [0.15, 0.2) is 11.5 Å². The largest absolute Gasteiger partial charge is 0.454 e. The number of halogens is 4. The highest BCUT2D eigenvalue weighted by Gasteiger charge is 2.33. The van der Waals surface area contributed by atoms with Gasteiger partial charge in [-0.05, 0) is 35.9 Å². The summed E-state index contributed by atoms with van der Waals surface area (Å²) < 4.78 is 50.2. The standard InChI is InChI=1S/C23H20ClF3N6O4/c24-16-3-2-15(23(25,26)27)10-17(16)30-21-20(33(34)35)22(29-12-28-21)32-7-5-31(6-8-32)11-14-1-4-18-19(9-14)37-13-36-18/h1-4,9-10,12H,5-8,11,13H2,(H,28,29,30). The summed E-state index contributed by atoms with van der Waals surface area (Å²) in [5.74, 6) is 1.24. The SMILES string of the molecule is O=[N+]([O-])c1c(Nc2cc(C(F)(F)F)ccc2Cl)ncnc1N1CCN(Cc2ccc3c(c2)OCO3)CC1. The van der Waals surface area contributed by atoms with E-state index in [1.54, 1.807) is 4.90 Å². The molecule has 1 fully saturated rings. The Morgan fingerprint density at radius 3 is 2.54 bits per heavy atom. The lowest BCUT2D eigenvalue weighted by atomic mass is 10.1. The average Bonchev–Trinajstić information content (AvgIpc) is 3.33. The Bertz CT molecular complexity index is 1330.